The normalized spacial score (nSPS) is 16.7. The highest BCUT2D eigenvalue weighted by molar-refractivity contribution is 6.51. The van der Waals surface area contributed by atoms with Crippen LogP contribution in [0.3, 0.4) is 0 Å². The van der Waals surface area contributed by atoms with E-state index in [1.54, 1.807) is 0 Å². The van der Waals surface area contributed by atoms with Crippen molar-refractivity contribution in [3.63, 3.8) is 0 Å². The molecule has 0 aromatic heterocycles. The summed E-state index contributed by atoms with van der Waals surface area (Å²) >= 11 is 0. The van der Waals surface area contributed by atoms with Gasteiger partial charge in [0.05, 0.1) is 23.8 Å². The summed E-state index contributed by atoms with van der Waals surface area (Å²) in [6.07, 6.45) is -3.68. The number of ketones is 1. The molecule has 2 rings (SSSR count). The highest BCUT2D eigenvalue weighted by atomic mass is 16.4. The number of fused-ring (bicyclic) bond motifs is 1. The number of Topliss-reactive ketones (excluding diaryl/α,β-unsaturated/α-hetero) is 1. The lowest BCUT2D eigenvalue weighted by atomic mass is 9.98. The Balaban J connectivity index is 2.35. The van der Waals surface area contributed by atoms with Gasteiger partial charge in [-0.25, -0.2) is 0 Å². The number of amides is 1. The number of para-hydroxylation sites is 1. The summed E-state index contributed by atoms with van der Waals surface area (Å²) in [5.41, 5.74) is 0.337. The number of nitrogens with one attached hydrogen (secondary N) is 1. The Morgan fingerprint density at radius 1 is 1.26 bits per heavy atom. The molecule has 0 spiro atoms. The first kappa shape index (κ1) is 13.2. The molecule has 0 saturated heterocycles. The number of aliphatic hydroxyl groups excluding tert-OH is 2. The van der Waals surface area contributed by atoms with E-state index >= 15 is 0 Å². The van der Waals surface area contributed by atoms with Crippen LogP contribution in [0.4, 0.5) is 5.69 Å². The van der Waals surface area contributed by atoms with Crippen LogP contribution in [0.15, 0.2) is 18.2 Å². The largest absolute Gasteiger partial charge is 0.481 e. The summed E-state index contributed by atoms with van der Waals surface area (Å²) in [5, 5.41) is 30.3. The number of rotatable bonds is 4. The standard InChI is InChI=1S/C12H11NO6/c14-7(4-8(15)16)10(17)5-2-1-3-6-9(5)13-12(19)11(6)18/h1-3,7,10,14,17H,4H2,(H,15,16)(H,13,18,19). The predicted molar refractivity (Wildman–Crippen MR) is 62.6 cm³/mol. The monoisotopic (exact) mass is 265 g/mol. The minimum Gasteiger partial charge on any atom is -0.481 e. The number of carboxylic acids is 1. The SMILES string of the molecule is O=C(O)CC(O)C(O)c1cccc2c1NC(=O)C2=O. The maximum Gasteiger partial charge on any atom is 0.306 e. The van der Waals surface area contributed by atoms with Crippen molar-refractivity contribution < 1.29 is 29.7 Å². The van der Waals surface area contributed by atoms with Crippen LogP contribution in [0.1, 0.15) is 28.4 Å². The quantitative estimate of drug-likeness (QED) is 0.554. The summed E-state index contributed by atoms with van der Waals surface area (Å²) in [5.74, 6) is -2.81. The van der Waals surface area contributed by atoms with Crippen LogP contribution in [0, 0.1) is 0 Å². The average molecular weight is 265 g/mol. The van der Waals surface area contributed by atoms with Gasteiger partial charge in [-0.05, 0) is 6.07 Å². The van der Waals surface area contributed by atoms with Gasteiger partial charge in [0.2, 0.25) is 0 Å². The molecule has 4 N–H and O–H groups in total. The van der Waals surface area contributed by atoms with Crippen LogP contribution >= 0.6 is 0 Å². The van der Waals surface area contributed by atoms with Crippen LogP contribution < -0.4 is 5.32 Å². The van der Waals surface area contributed by atoms with E-state index in [1.165, 1.54) is 18.2 Å². The predicted octanol–water partition coefficient (Wildman–Crippen LogP) is -0.310. The third-order valence-corrected chi connectivity index (χ3v) is 2.85. The first-order valence-electron chi connectivity index (χ1n) is 5.48. The number of carboxylic acid groups (broad SMARTS) is 1. The maximum atomic E-state index is 11.5. The van der Waals surface area contributed by atoms with Gasteiger partial charge in [0.1, 0.15) is 6.10 Å². The molecule has 1 aromatic rings. The summed E-state index contributed by atoms with van der Waals surface area (Å²) < 4.78 is 0. The van der Waals surface area contributed by atoms with Gasteiger partial charge < -0.3 is 20.6 Å². The molecule has 0 bridgehead atoms. The summed E-state index contributed by atoms with van der Waals surface area (Å²) in [4.78, 5) is 33.2. The van der Waals surface area contributed by atoms with Crippen molar-refractivity contribution in [2.45, 2.75) is 18.6 Å². The molecule has 1 heterocycles. The number of hydrogen-bond acceptors (Lipinski definition) is 5. The summed E-state index contributed by atoms with van der Waals surface area (Å²) in [6.45, 7) is 0. The highest BCUT2D eigenvalue weighted by Crippen LogP contribution is 2.33. The van der Waals surface area contributed by atoms with Crippen LogP contribution in [0.25, 0.3) is 0 Å². The molecule has 1 aliphatic rings. The second kappa shape index (κ2) is 4.79. The Kier molecular flexibility index (Phi) is 3.32. The lowest BCUT2D eigenvalue weighted by Gasteiger charge is -2.18. The van der Waals surface area contributed by atoms with Crippen molar-refractivity contribution in [3.8, 4) is 0 Å². The Morgan fingerprint density at radius 2 is 1.95 bits per heavy atom. The molecule has 2 unspecified atom stereocenters. The van der Waals surface area contributed by atoms with E-state index in [-0.39, 0.29) is 16.8 Å². The average Bonchev–Trinajstić information content (AvgIpc) is 2.64. The molecule has 1 amide bonds. The molecule has 0 saturated carbocycles. The number of hydrogen-bond donors (Lipinski definition) is 4. The molecule has 7 heteroatoms. The molecule has 100 valence electrons. The zero-order chi connectivity index (χ0) is 14.2. The lowest BCUT2D eigenvalue weighted by molar-refractivity contribution is -0.141. The molecule has 0 fully saturated rings. The molecule has 19 heavy (non-hydrogen) atoms. The first-order valence-corrected chi connectivity index (χ1v) is 5.48. The second-order valence-corrected chi connectivity index (χ2v) is 4.16. The Hall–Kier alpha value is -2.25. The van der Waals surface area contributed by atoms with E-state index in [2.05, 4.69) is 5.32 Å². The van der Waals surface area contributed by atoms with E-state index < -0.39 is 36.3 Å². The fraction of sp³-hybridized carbons (Fsp3) is 0.250. The van der Waals surface area contributed by atoms with Crippen molar-refractivity contribution in [2.75, 3.05) is 5.32 Å². The fourth-order valence-corrected chi connectivity index (χ4v) is 1.94. The molecular formula is C12H11NO6. The van der Waals surface area contributed by atoms with Crippen molar-refractivity contribution in [3.05, 3.63) is 29.3 Å². The molecule has 0 radical (unpaired) electrons. The third kappa shape index (κ3) is 2.33. The number of aliphatic carboxylic acids is 1. The van der Waals surface area contributed by atoms with E-state index in [0.29, 0.717) is 0 Å². The van der Waals surface area contributed by atoms with Gasteiger partial charge in [-0.2, -0.15) is 0 Å². The number of aliphatic hydroxyl groups is 2. The summed E-state index contributed by atoms with van der Waals surface area (Å²) in [6, 6.07) is 4.27. The smallest absolute Gasteiger partial charge is 0.306 e. The van der Waals surface area contributed by atoms with E-state index in [1.807, 2.05) is 0 Å². The van der Waals surface area contributed by atoms with Crippen molar-refractivity contribution in [1.29, 1.82) is 0 Å². The number of carbonyl (C=O) groups excluding carboxylic acids is 2. The summed E-state index contributed by atoms with van der Waals surface area (Å²) in [7, 11) is 0. The molecule has 7 nitrogen and oxygen atoms in total. The molecule has 0 aliphatic carbocycles. The third-order valence-electron chi connectivity index (χ3n) is 2.85. The Bertz CT molecular complexity index is 567. The number of anilines is 1. The molecule has 2 atom stereocenters. The molecular weight excluding hydrogens is 254 g/mol. The Morgan fingerprint density at radius 3 is 2.58 bits per heavy atom. The van der Waals surface area contributed by atoms with Gasteiger partial charge in [-0.1, -0.05) is 12.1 Å². The van der Waals surface area contributed by atoms with Crippen molar-refractivity contribution in [2.24, 2.45) is 0 Å². The van der Waals surface area contributed by atoms with E-state index in [9.17, 15) is 24.6 Å². The maximum absolute atomic E-state index is 11.5. The van der Waals surface area contributed by atoms with Crippen LogP contribution in [-0.2, 0) is 9.59 Å². The van der Waals surface area contributed by atoms with Crippen LogP contribution in [0.2, 0.25) is 0 Å². The van der Waals surface area contributed by atoms with Gasteiger partial charge in [-0.15, -0.1) is 0 Å². The second-order valence-electron chi connectivity index (χ2n) is 4.16. The van der Waals surface area contributed by atoms with E-state index in [0.717, 1.165) is 0 Å². The highest BCUT2D eigenvalue weighted by Gasteiger charge is 2.33. The van der Waals surface area contributed by atoms with Gasteiger partial charge in [-0.3, -0.25) is 14.4 Å². The van der Waals surface area contributed by atoms with Crippen LogP contribution in [-0.4, -0.2) is 39.1 Å². The number of carbonyl (C=O) groups is 3. The van der Waals surface area contributed by atoms with Gasteiger partial charge in [0, 0.05) is 5.56 Å². The lowest BCUT2D eigenvalue weighted by Crippen LogP contribution is -2.22. The van der Waals surface area contributed by atoms with Gasteiger partial charge in [0.15, 0.2) is 0 Å². The topological polar surface area (TPSA) is 124 Å². The first-order chi connectivity index (χ1) is 8.91. The van der Waals surface area contributed by atoms with Gasteiger partial charge >= 0.3 is 5.97 Å². The number of benzene rings is 1. The minimum absolute atomic E-state index is 0.101. The Labute approximate surface area is 107 Å². The zero-order valence-corrected chi connectivity index (χ0v) is 9.66. The van der Waals surface area contributed by atoms with Crippen LogP contribution in [0.5, 0.6) is 0 Å². The zero-order valence-electron chi connectivity index (χ0n) is 9.66. The van der Waals surface area contributed by atoms with Crippen molar-refractivity contribution >= 4 is 23.3 Å². The fourth-order valence-electron chi connectivity index (χ4n) is 1.94. The van der Waals surface area contributed by atoms with Crippen molar-refractivity contribution in [1.82, 2.24) is 0 Å². The van der Waals surface area contributed by atoms with Gasteiger partial charge in [0.25, 0.3) is 11.7 Å². The van der Waals surface area contributed by atoms with E-state index in [4.69, 9.17) is 5.11 Å². The molecule has 1 aliphatic heterocycles. The molecule has 1 aromatic carbocycles. The minimum atomic E-state index is -1.53.